The van der Waals surface area contributed by atoms with E-state index in [1.165, 1.54) is 6.42 Å². The van der Waals surface area contributed by atoms with Gasteiger partial charge in [0.2, 0.25) is 0 Å². The van der Waals surface area contributed by atoms with Gasteiger partial charge in [0.25, 0.3) is 0 Å². The fraction of sp³-hybridized carbons (Fsp3) is 0.818. The van der Waals surface area contributed by atoms with Crippen molar-refractivity contribution in [2.24, 2.45) is 5.92 Å². The molecule has 104 valence electrons. The predicted octanol–water partition coefficient (Wildman–Crippen LogP) is 0.605. The maximum Gasteiger partial charge on any atom is 0.0501 e. The smallest absolute Gasteiger partial charge is 0.0501 e. The summed E-state index contributed by atoms with van der Waals surface area (Å²) in [5, 5.41) is 20.8. The highest BCUT2D eigenvalue weighted by Gasteiger charge is 2.10. The lowest BCUT2D eigenvalue weighted by Crippen LogP contribution is -2.43. The van der Waals surface area contributed by atoms with E-state index in [9.17, 15) is 19.8 Å². The Morgan fingerprint density at radius 1 is 0.882 bits per heavy atom. The van der Waals surface area contributed by atoms with Gasteiger partial charge in [-0.1, -0.05) is 45.4 Å². The number of carboxylic acid groups (broad SMARTS) is 2. The van der Waals surface area contributed by atoms with Gasteiger partial charge < -0.3 is 32.1 Å². The van der Waals surface area contributed by atoms with Gasteiger partial charge in [-0.25, -0.2) is 0 Å². The lowest BCUT2D eigenvalue weighted by Gasteiger charge is -2.18. The van der Waals surface area contributed by atoms with E-state index in [2.05, 4.69) is 6.92 Å². The summed E-state index contributed by atoms with van der Waals surface area (Å²) in [5.74, 6) is -4.52. The van der Waals surface area contributed by atoms with Gasteiger partial charge in [-0.15, -0.1) is 0 Å². The van der Waals surface area contributed by atoms with Crippen molar-refractivity contribution >= 4 is 11.9 Å². The molecule has 0 atom stereocenters. The van der Waals surface area contributed by atoms with Crippen LogP contribution in [0.15, 0.2) is 0 Å². The van der Waals surface area contributed by atoms with Crippen LogP contribution in [0.3, 0.4) is 0 Å². The van der Waals surface area contributed by atoms with Crippen LogP contribution in [0.25, 0.3) is 0 Å². The molecule has 0 saturated heterocycles. The quantitative estimate of drug-likeness (QED) is 0.454. The Morgan fingerprint density at radius 2 is 1.29 bits per heavy atom. The Kier molecular flexibility index (Phi) is 16.1. The van der Waals surface area contributed by atoms with E-state index in [-0.39, 0.29) is 18.7 Å². The van der Waals surface area contributed by atoms with E-state index in [0.717, 1.165) is 25.7 Å². The molecular formula is C11H26N2O4. The Morgan fingerprint density at radius 3 is 1.71 bits per heavy atom. The van der Waals surface area contributed by atoms with Crippen LogP contribution >= 0.6 is 0 Å². The number of carboxylic acids is 2. The lowest BCUT2D eigenvalue weighted by molar-refractivity contribution is -0.332. The molecule has 0 saturated carbocycles. The van der Waals surface area contributed by atoms with Crippen molar-refractivity contribution in [3.63, 3.8) is 0 Å². The maximum absolute atomic E-state index is 10.4. The van der Waals surface area contributed by atoms with Crippen LogP contribution < -0.4 is 22.5 Å². The first-order valence-corrected chi connectivity index (χ1v) is 5.51. The van der Waals surface area contributed by atoms with Gasteiger partial charge in [0.05, 0.1) is 11.9 Å². The van der Waals surface area contributed by atoms with E-state index >= 15 is 0 Å². The van der Waals surface area contributed by atoms with Crippen molar-refractivity contribution in [1.29, 1.82) is 0 Å². The van der Waals surface area contributed by atoms with E-state index in [1.807, 2.05) is 0 Å². The van der Waals surface area contributed by atoms with E-state index in [0.29, 0.717) is 6.42 Å². The van der Waals surface area contributed by atoms with Crippen molar-refractivity contribution in [1.82, 2.24) is 12.3 Å². The molecule has 0 bridgehead atoms. The first kappa shape index (κ1) is 21.2. The molecule has 0 spiro atoms. The van der Waals surface area contributed by atoms with E-state index < -0.39 is 17.9 Å². The molecule has 0 aromatic rings. The SMILES string of the molecule is CCCCCCCCC(C(=O)[O-])C(=O)[O-].[NH4+].[NH4+]. The van der Waals surface area contributed by atoms with Gasteiger partial charge in [-0.2, -0.15) is 0 Å². The Balaban J connectivity index is -0.000000980. The standard InChI is InChI=1S/C11H20O4.2H3N/c1-2-3-4-5-6-7-8-9(10(12)13)11(14)15;;/h9H,2-8H2,1H3,(H,12,13)(H,14,15);2*1H3. The number of carbonyl (C=O) groups excluding carboxylic acids is 2. The lowest BCUT2D eigenvalue weighted by atomic mass is 10.0. The summed E-state index contributed by atoms with van der Waals surface area (Å²) in [6.45, 7) is 2.11. The van der Waals surface area contributed by atoms with Crippen molar-refractivity contribution < 1.29 is 19.8 Å². The predicted molar refractivity (Wildman–Crippen MR) is 63.5 cm³/mol. The molecule has 0 amide bonds. The van der Waals surface area contributed by atoms with Gasteiger partial charge in [-0.3, -0.25) is 0 Å². The summed E-state index contributed by atoms with van der Waals surface area (Å²) < 4.78 is 0. The molecule has 0 aliphatic carbocycles. The Labute approximate surface area is 103 Å². The zero-order valence-electron chi connectivity index (χ0n) is 11.2. The molecule has 0 heterocycles. The van der Waals surface area contributed by atoms with Gasteiger partial charge >= 0.3 is 0 Å². The van der Waals surface area contributed by atoms with E-state index in [1.54, 1.807) is 0 Å². The number of carbonyl (C=O) groups is 2. The van der Waals surface area contributed by atoms with Crippen LogP contribution in [0.4, 0.5) is 0 Å². The number of quaternary nitrogens is 2. The summed E-state index contributed by atoms with van der Waals surface area (Å²) in [6.07, 6.45) is 6.08. The van der Waals surface area contributed by atoms with Gasteiger partial charge in [0.1, 0.15) is 0 Å². The Hall–Kier alpha value is -1.14. The number of rotatable bonds is 9. The largest absolute Gasteiger partial charge is 0.549 e. The molecule has 17 heavy (non-hydrogen) atoms. The van der Waals surface area contributed by atoms with E-state index in [4.69, 9.17) is 0 Å². The maximum atomic E-state index is 10.4. The first-order chi connectivity index (χ1) is 7.09. The molecule has 6 nitrogen and oxygen atoms in total. The molecule has 0 fully saturated rings. The minimum Gasteiger partial charge on any atom is -0.549 e. The molecule has 0 aromatic heterocycles. The molecule has 0 aromatic carbocycles. The molecule has 0 radical (unpaired) electrons. The average Bonchev–Trinajstić information content (AvgIpc) is 2.15. The van der Waals surface area contributed by atoms with Crippen molar-refractivity contribution in [3.05, 3.63) is 0 Å². The minimum atomic E-state index is -1.54. The molecule has 0 unspecified atom stereocenters. The third kappa shape index (κ3) is 11.1. The minimum absolute atomic E-state index is 0. The Bertz CT molecular complexity index is 196. The average molecular weight is 250 g/mol. The van der Waals surface area contributed by atoms with Crippen molar-refractivity contribution in [2.75, 3.05) is 0 Å². The zero-order valence-corrected chi connectivity index (χ0v) is 11.2. The van der Waals surface area contributed by atoms with Crippen LogP contribution in [-0.4, -0.2) is 11.9 Å². The second-order valence-corrected chi connectivity index (χ2v) is 3.75. The first-order valence-electron chi connectivity index (χ1n) is 5.51. The van der Waals surface area contributed by atoms with Gasteiger partial charge in [-0.05, 0) is 6.42 Å². The van der Waals surface area contributed by atoms with Crippen LogP contribution in [0.2, 0.25) is 0 Å². The summed E-state index contributed by atoms with van der Waals surface area (Å²) in [5.41, 5.74) is 0. The highest BCUT2D eigenvalue weighted by atomic mass is 16.4. The summed E-state index contributed by atoms with van der Waals surface area (Å²) in [4.78, 5) is 20.8. The van der Waals surface area contributed by atoms with Crippen LogP contribution in [-0.2, 0) is 9.59 Å². The fourth-order valence-corrected chi connectivity index (χ4v) is 1.46. The molecular weight excluding hydrogens is 224 g/mol. The number of unbranched alkanes of at least 4 members (excludes halogenated alkanes) is 5. The summed E-state index contributed by atoms with van der Waals surface area (Å²) >= 11 is 0. The molecule has 8 N–H and O–H groups in total. The zero-order chi connectivity index (χ0) is 11.7. The monoisotopic (exact) mass is 250 g/mol. The summed E-state index contributed by atoms with van der Waals surface area (Å²) in [6, 6.07) is 0. The number of aliphatic carboxylic acids is 2. The van der Waals surface area contributed by atoms with Crippen molar-refractivity contribution in [2.45, 2.75) is 51.9 Å². The third-order valence-corrected chi connectivity index (χ3v) is 2.42. The molecule has 6 heteroatoms. The van der Waals surface area contributed by atoms with Gasteiger partial charge in [0.15, 0.2) is 0 Å². The van der Waals surface area contributed by atoms with Crippen molar-refractivity contribution in [3.8, 4) is 0 Å². The highest BCUT2D eigenvalue weighted by Crippen LogP contribution is 2.11. The number of hydrogen-bond acceptors (Lipinski definition) is 4. The fourth-order valence-electron chi connectivity index (χ4n) is 1.46. The molecule has 0 rings (SSSR count). The molecule has 0 aliphatic heterocycles. The second-order valence-electron chi connectivity index (χ2n) is 3.75. The molecule has 0 aliphatic rings. The summed E-state index contributed by atoms with van der Waals surface area (Å²) in [7, 11) is 0. The third-order valence-electron chi connectivity index (χ3n) is 2.42. The van der Waals surface area contributed by atoms with Gasteiger partial charge in [0, 0.05) is 5.92 Å². The van der Waals surface area contributed by atoms with Crippen LogP contribution in [0.1, 0.15) is 51.9 Å². The normalized spacial score (nSPS) is 9.29. The van der Waals surface area contributed by atoms with Crippen LogP contribution in [0, 0.1) is 5.92 Å². The highest BCUT2D eigenvalue weighted by molar-refractivity contribution is 5.90. The number of hydrogen-bond donors (Lipinski definition) is 2. The van der Waals surface area contributed by atoms with Crippen LogP contribution in [0.5, 0.6) is 0 Å². The topological polar surface area (TPSA) is 153 Å². The second kappa shape index (κ2) is 12.9.